The molecule has 4 aliphatic rings. The number of nitrogens with one attached hydrogen (secondary N) is 2. The Labute approximate surface area is 241 Å². The number of carboxylic acid groups (broad SMARTS) is 1. The SMILES string of the molecule is O=C(CSc1ccc(Br)cc1)N[C@@H]1C(=O)N2C(C(=O)O)=C(/C=C3\CCN(C4CC4)C3=O)CS[C@H]12.c1c[nH]cn1. The van der Waals surface area contributed by atoms with Crippen molar-refractivity contribution in [3.8, 4) is 0 Å². The molecule has 39 heavy (non-hydrogen) atoms. The zero-order chi connectivity index (χ0) is 27.5. The van der Waals surface area contributed by atoms with Gasteiger partial charge in [0.15, 0.2) is 0 Å². The summed E-state index contributed by atoms with van der Waals surface area (Å²) < 4.78 is 0.950. The highest BCUT2D eigenvalue weighted by molar-refractivity contribution is 9.10. The lowest BCUT2D eigenvalue weighted by molar-refractivity contribution is -0.150. The number of aromatic amines is 1. The number of hydrogen-bond donors (Lipinski definition) is 3. The van der Waals surface area contributed by atoms with Crippen LogP contribution in [0.25, 0.3) is 0 Å². The number of nitrogens with zero attached hydrogens (tertiary/aromatic N) is 3. The zero-order valence-corrected chi connectivity index (χ0v) is 23.9. The lowest BCUT2D eigenvalue weighted by atomic mass is 10.0. The number of benzene rings is 1. The second-order valence-corrected chi connectivity index (χ2v) is 12.4. The molecule has 1 saturated carbocycles. The minimum atomic E-state index is -1.20. The summed E-state index contributed by atoms with van der Waals surface area (Å²) in [5.74, 6) is -1.44. The maximum absolute atomic E-state index is 12.8. The summed E-state index contributed by atoms with van der Waals surface area (Å²) in [7, 11) is 0. The molecule has 1 aromatic heterocycles. The van der Waals surface area contributed by atoms with E-state index in [2.05, 4.69) is 31.2 Å². The number of allylic oxidation sites excluding steroid dienone is 1. The van der Waals surface area contributed by atoms with Gasteiger partial charge in [-0.1, -0.05) is 15.9 Å². The number of aliphatic carboxylic acids is 1. The second-order valence-electron chi connectivity index (χ2n) is 9.29. The Kier molecular flexibility index (Phi) is 8.48. The predicted molar refractivity (Wildman–Crippen MR) is 151 cm³/mol. The monoisotopic (exact) mass is 631 g/mol. The highest BCUT2D eigenvalue weighted by atomic mass is 79.9. The molecular formula is C26H26BrN5O5S2. The van der Waals surface area contributed by atoms with Gasteiger partial charge in [-0.15, -0.1) is 23.5 Å². The fraction of sp³-hybridized carbons (Fsp3) is 0.346. The van der Waals surface area contributed by atoms with Gasteiger partial charge in [0.1, 0.15) is 17.1 Å². The Morgan fingerprint density at radius 3 is 2.64 bits per heavy atom. The van der Waals surface area contributed by atoms with Gasteiger partial charge in [-0.3, -0.25) is 19.3 Å². The van der Waals surface area contributed by atoms with E-state index in [0.717, 1.165) is 22.2 Å². The van der Waals surface area contributed by atoms with Crippen LogP contribution in [-0.4, -0.2) is 84.1 Å². The first kappa shape index (κ1) is 27.5. The van der Waals surface area contributed by atoms with Crippen molar-refractivity contribution in [3.63, 3.8) is 0 Å². The summed E-state index contributed by atoms with van der Waals surface area (Å²) in [5.41, 5.74) is 0.981. The third-order valence-corrected chi connectivity index (χ3v) is 9.44. The number of amides is 3. The fourth-order valence-corrected chi connectivity index (χ4v) is 6.86. The van der Waals surface area contributed by atoms with Crippen LogP contribution in [0.4, 0.5) is 0 Å². The molecule has 1 aliphatic carbocycles. The van der Waals surface area contributed by atoms with Gasteiger partial charge in [-0.2, -0.15) is 0 Å². The number of β-lactam (4-membered cyclic amide) rings is 1. The van der Waals surface area contributed by atoms with Crippen molar-refractivity contribution in [2.45, 2.75) is 41.6 Å². The Hall–Kier alpha value is -3.03. The molecule has 2 saturated heterocycles. The fourth-order valence-electron chi connectivity index (χ4n) is 4.58. The first-order valence-corrected chi connectivity index (χ1v) is 15.2. The number of carbonyl (C=O) groups is 4. The molecule has 4 heterocycles. The molecule has 0 spiro atoms. The van der Waals surface area contributed by atoms with Gasteiger partial charge in [0.2, 0.25) is 11.8 Å². The Morgan fingerprint density at radius 2 is 2.03 bits per heavy atom. The molecule has 0 unspecified atom stereocenters. The van der Waals surface area contributed by atoms with E-state index < -0.39 is 23.3 Å². The minimum absolute atomic E-state index is 0.0322. The molecule has 3 N–H and O–H groups in total. The molecule has 1 aromatic carbocycles. The van der Waals surface area contributed by atoms with E-state index in [-0.39, 0.29) is 23.3 Å². The molecule has 3 fully saturated rings. The highest BCUT2D eigenvalue weighted by Gasteiger charge is 2.54. The van der Waals surface area contributed by atoms with Gasteiger partial charge >= 0.3 is 5.97 Å². The largest absolute Gasteiger partial charge is 0.477 e. The number of H-pyrrole nitrogens is 1. The maximum Gasteiger partial charge on any atom is 0.352 e. The van der Waals surface area contributed by atoms with E-state index >= 15 is 0 Å². The van der Waals surface area contributed by atoms with Crippen LogP contribution >= 0.6 is 39.5 Å². The number of hydrogen-bond acceptors (Lipinski definition) is 7. The minimum Gasteiger partial charge on any atom is -0.477 e. The van der Waals surface area contributed by atoms with E-state index in [9.17, 15) is 24.3 Å². The number of likely N-dealkylation sites (tertiary alicyclic amines) is 1. The van der Waals surface area contributed by atoms with Gasteiger partial charge in [-0.25, -0.2) is 9.78 Å². The Morgan fingerprint density at radius 1 is 1.26 bits per heavy atom. The lowest BCUT2D eigenvalue weighted by Crippen LogP contribution is -2.70. The molecule has 6 rings (SSSR count). The van der Waals surface area contributed by atoms with Crippen molar-refractivity contribution in [2.24, 2.45) is 0 Å². The second kappa shape index (κ2) is 12.0. The predicted octanol–water partition coefficient (Wildman–Crippen LogP) is 3.01. The maximum atomic E-state index is 12.8. The molecule has 2 aromatic rings. The van der Waals surface area contributed by atoms with Crippen LogP contribution in [0.2, 0.25) is 0 Å². The zero-order valence-electron chi connectivity index (χ0n) is 20.7. The van der Waals surface area contributed by atoms with Crippen LogP contribution in [0.1, 0.15) is 19.3 Å². The standard InChI is InChI=1S/C23H22BrN3O5S2.C3H4N2/c24-14-1-5-16(6-2-14)33-11-17(28)25-18-21(30)27-19(23(31)32)13(10-34-22(18)27)9-12-7-8-26(20(12)29)15-3-4-15;1-2-5-3-4-1/h1-2,5-6,9,15,18,22H,3-4,7-8,10-11H2,(H,25,28)(H,31,32);1-3H,(H,4,5)/b12-9+;/t18-,22-;/m1./s1. The molecule has 0 radical (unpaired) electrons. The van der Waals surface area contributed by atoms with E-state index in [4.69, 9.17) is 0 Å². The van der Waals surface area contributed by atoms with Gasteiger partial charge in [0.25, 0.3) is 5.91 Å². The normalized spacial score (nSPS) is 23.3. The third-order valence-electron chi connectivity index (χ3n) is 6.60. The van der Waals surface area contributed by atoms with Crippen molar-refractivity contribution in [1.82, 2.24) is 25.1 Å². The molecule has 204 valence electrons. The summed E-state index contributed by atoms with van der Waals surface area (Å²) in [6, 6.07) is 7.13. The number of carbonyl (C=O) groups excluding carboxylic acids is 3. The first-order valence-electron chi connectivity index (χ1n) is 12.4. The summed E-state index contributed by atoms with van der Waals surface area (Å²) in [6.45, 7) is 0.663. The highest BCUT2D eigenvalue weighted by Crippen LogP contribution is 2.42. The average molecular weight is 633 g/mol. The number of rotatable bonds is 7. The van der Waals surface area contributed by atoms with E-state index in [1.54, 1.807) is 24.8 Å². The van der Waals surface area contributed by atoms with Gasteiger partial charge in [0, 0.05) is 45.7 Å². The molecule has 13 heteroatoms. The molecule has 3 amide bonds. The summed E-state index contributed by atoms with van der Waals surface area (Å²) in [5, 5.41) is 12.1. The van der Waals surface area contributed by atoms with Crippen molar-refractivity contribution < 1.29 is 24.3 Å². The topological polar surface area (TPSA) is 136 Å². The molecule has 3 aliphatic heterocycles. The van der Waals surface area contributed by atoms with Crippen molar-refractivity contribution in [1.29, 1.82) is 0 Å². The summed E-state index contributed by atoms with van der Waals surface area (Å²) >= 11 is 6.14. The van der Waals surface area contributed by atoms with Crippen LogP contribution in [0, 0.1) is 0 Å². The summed E-state index contributed by atoms with van der Waals surface area (Å²) in [4.78, 5) is 60.5. The van der Waals surface area contributed by atoms with E-state index in [0.29, 0.717) is 35.9 Å². The van der Waals surface area contributed by atoms with Crippen LogP contribution < -0.4 is 5.32 Å². The van der Waals surface area contributed by atoms with Crippen molar-refractivity contribution in [3.05, 3.63) is 70.4 Å². The number of carboxylic acids is 1. The third kappa shape index (κ3) is 6.25. The van der Waals surface area contributed by atoms with Gasteiger partial charge in [-0.05, 0) is 55.2 Å². The van der Waals surface area contributed by atoms with Crippen LogP contribution in [0.3, 0.4) is 0 Å². The Balaban J connectivity index is 0.000000555. The van der Waals surface area contributed by atoms with Crippen LogP contribution in [0.15, 0.2) is 75.3 Å². The average Bonchev–Trinajstić information content (AvgIpc) is 3.42. The molecule has 10 nitrogen and oxygen atoms in total. The molecule has 0 bridgehead atoms. The van der Waals surface area contributed by atoms with E-state index in [1.807, 2.05) is 29.2 Å². The van der Waals surface area contributed by atoms with Crippen LogP contribution in [0.5, 0.6) is 0 Å². The first-order chi connectivity index (χ1) is 18.8. The number of halogens is 1. The van der Waals surface area contributed by atoms with Crippen LogP contribution in [-0.2, 0) is 19.2 Å². The summed E-state index contributed by atoms with van der Waals surface area (Å²) in [6.07, 6.45) is 9.38. The number of imidazole rings is 1. The number of aromatic nitrogens is 2. The molecule has 2 atom stereocenters. The molecular weight excluding hydrogens is 606 g/mol. The van der Waals surface area contributed by atoms with Gasteiger partial charge < -0.3 is 20.3 Å². The quantitative estimate of drug-likeness (QED) is 0.241. The Bertz CT molecular complexity index is 1310. The van der Waals surface area contributed by atoms with Gasteiger partial charge in [0.05, 0.1) is 12.1 Å². The van der Waals surface area contributed by atoms with Crippen molar-refractivity contribution in [2.75, 3.05) is 18.1 Å². The lowest BCUT2D eigenvalue weighted by Gasteiger charge is -2.49. The number of thioether (sulfide) groups is 2. The van der Waals surface area contributed by atoms with E-state index in [1.165, 1.54) is 28.4 Å². The van der Waals surface area contributed by atoms with Crippen molar-refractivity contribution >= 4 is 63.1 Å². The smallest absolute Gasteiger partial charge is 0.352 e. The number of fused-ring (bicyclic) bond motifs is 1.